The van der Waals surface area contributed by atoms with Gasteiger partial charge in [0.1, 0.15) is 13.2 Å². The Kier molecular flexibility index (Phi) is 64.8. The molecule has 0 saturated carbocycles. The Morgan fingerprint density at radius 1 is 0.259 bits per heavy atom. The van der Waals surface area contributed by atoms with Gasteiger partial charge in [0.25, 0.3) is 0 Å². The third kappa shape index (κ3) is 66.5. The highest BCUT2D eigenvalue weighted by Gasteiger charge is 2.19. The molecule has 0 spiro atoms. The van der Waals surface area contributed by atoms with Crippen LogP contribution >= 0.6 is 0 Å². The molecule has 0 aromatic rings. The number of hydrogen-bond donors (Lipinski definition) is 0. The summed E-state index contributed by atoms with van der Waals surface area (Å²) >= 11 is 0. The van der Waals surface area contributed by atoms with E-state index in [9.17, 15) is 14.4 Å². The fraction of sp³-hybridized carbons (Fsp3) is 0.693. The van der Waals surface area contributed by atoms with E-state index in [1.165, 1.54) is 128 Å². The highest BCUT2D eigenvalue weighted by atomic mass is 16.6. The van der Waals surface area contributed by atoms with Gasteiger partial charge in [-0.25, -0.2) is 0 Å². The minimum atomic E-state index is -0.792. The maximum absolute atomic E-state index is 12.9. The second-order valence-corrected chi connectivity index (χ2v) is 22.4. The van der Waals surface area contributed by atoms with E-state index in [2.05, 4.69) is 142 Å². The molecule has 0 aliphatic heterocycles. The van der Waals surface area contributed by atoms with Crippen LogP contribution in [0, 0.1) is 0 Å². The van der Waals surface area contributed by atoms with Crippen molar-refractivity contribution < 1.29 is 28.6 Å². The van der Waals surface area contributed by atoms with E-state index in [1.807, 2.05) is 0 Å². The molecule has 6 nitrogen and oxygen atoms in total. The first kappa shape index (κ1) is 76.8. The van der Waals surface area contributed by atoms with Gasteiger partial charge in [0.05, 0.1) is 0 Å². The van der Waals surface area contributed by atoms with Crippen LogP contribution in [0.15, 0.2) is 122 Å². The number of hydrogen-bond acceptors (Lipinski definition) is 6. The maximum Gasteiger partial charge on any atom is 0.306 e. The van der Waals surface area contributed by atoms with Crippen LogP contribution in [0.5, 0.6) is 0 Å². The Balaban J connectivity index is 4.33. The molecule has 0 aliphatic rings. The van der Waals surface area contributed by atoms with Crippen LogP contribution in [0.4, 0.5) is 0 Å². The van der Waals surface area contributed by atoms with Gasteiger partial charge in [-0.1, -0.05) is 303 Å². The van der Waals surface area contributed by atoms with Crippen LogP contribution in [0.1, 0.15) is 316 Å². The van der Waals surface area contributed by atoms with Gasteiger partial charge in [-0.3, -0.25) is 14.4 Å². The van der Waals surface area contributed by atoms with Gasteiger partial charge in [-0.15, -0.1) is 0 Å². The van der Waals surface area contributed by atoms with Crippen LogP contribution < -0.4 is 0 Å². The van der Waals surface area contributed by atoms with Gasteiger partial charge in [0, 0.05) is 19.3 Å². The zero-order valence-electron chi connectivity index (χ0n) is 53.0. The van der Waals surface area contributed by atoms with E-state index >= 15 is 0 Å². The van der Waals surface area contributed by atoms with Crippen LogP contribution in [-0.2, 0) is 28.6 Å². The van der Waals surface area contributed by atoms with Gasteiger partial charge in [-0.05, 0) is 116 Å². The van der Waals surface area contributed by atoms with E-state index < -0.39 is 6.10 Å². The predicted octanol–water partition coefficient (Wildman–Crippen LogP) is 23.6. The molecule has 0 bridgehead atoms. The minimum absolute atomic E-state index is 0.0860. The normalized spacial score (nSPS) is 12.9. The molecular weight excluding hydrogens is 997 g/mol. The molecule has 462 valence electrons. The maximum atomic E-state index is 12.9. The lowest BCUT2D eigenvalue weighted by Gasteiger charge is -2.18. The number of esters is 3. The molecule has 0 aliphatic carbocycles. The zero-order valence-corrected chi connectivity index (χ0v) is 53.0. The molecule has 0 radical (unpaired) electrons. The van der Waals surface area contributed by atoms with Gasteiger partial charge in [-0.2, -0.15) is 0 Å². The molecule has 81 heavy (non-hydrogen) atoms. The van der Waals surface area contributed by atoms with E-state index in [-0.39, 0.29) is 31.1 Å². The highest BCUT2D eigenvalue weighted by Crippen LogP contribution is 2.16. The molecule has 0 rings (SSSR count). The predicted molar refractivity (Wildman–Crippen MR) is 353 cm³/mol. The van der Waals surface area contributed by atoms with Crippen molar-refractivity contribution in [2.45, 2.75) is 322 Å². The minimum Gasteiger partial charge on any atom is -0.462 e. The highest BCUT2D eigenvalue weighted by molar-refractivity contribution is 5.71. The fourth-order valence-corrected chi connectivity index (χ4v) is 9.37. The quantitative estimate of drug-likeness (QED) is 0.0261. The average molecular weight is 1120 g/mol. The number of carbonyl (C=O) groups is 3. The second kappa shape index (κ2) is 68.3. The van der Waals surface area contributed by atoms with Crippen LogP contribution in [0.25, 0.3) is 0 Å². The summed E-state index contributed by atoms with van der Waals surface area (Å²) in [5, 5.41) is 0. The van der Waals surface area contributed by atoms with Crippen molar-refractivity contribution in [3.8, 4) is 0 Å². The molecule has 0 fully saturated rings. The van der Waals surface area contributed by atoms with E-state index in [4.69, 9.17) is 14.2 Å². The summed E-state index contributed by atoms with van der Waals surface area (Å²) in [5.41, 5.74) is 0. The molecule has 6 heteroatoms. The van der Waals surface area contributed by atoms with Crippen molar-refractivity contribution in [2.75, 3.05) is 13.2 Å². The van der Waals surface area contributed by atoms with Crippen molar-refractivity contribution in [1.82, 2.24) is 0 Å². The lowest BCUT2D eigenvalue weighted by Crippen LogP contribution is -2.30. The van der Waals surface area contributed by atoms with Crippen LogP contribution in [0.3, 0.4) is 0 Å². The van der Waals surface area contributed by atoms with Gasteiger partial charge < -0.3 is 14.2 Å². The third-order valence-corrected chi connectivity index (χ3v) is 14.5. The van der Waals surface area contributed by atoms with E-state index in [1.54, 1.807) is 0 Å². The molecule has 0 saturated heterocycles. The standard InChI is InChI=1S/C75H126O6/c1-4-7-10-13-16-19-22-25-28-29-30-31-32-33-34-35-36-37-38-39-40-41-42-43-44-45-48-50-53-56-59-62-65-68-74(77)80-71-72(81-75(78)69-66-63-60-57-54-51-47-27-24-21-18-15-12-9-6-3)70-79-73(76)67-64-61-58-55-52-49-46-26-23-20-17-14-11-8-5-2/h7,10,16,19,25,27-28,30-31,33-34,36-37,39-40,42-43,45,47-48,72H,4-6,8-9,11-15,17-18,20-24,26,29,32,35,38,41,44,46,49-71H2,1-3H3/b10-7-,19-16-,28-25-,31-30-,34-33-,37-36-,40-39-,43-42-,47-27-,48-45-. The summed E-state index contributed by atoms with van der Waals surface area (Å²) in [7, 11) is 0. The summed E-state index contributed by atoms with van der Waals surface area (Å²) in [4.78, 5) is 38.3. The van der Waals surface area contributed by atoms with Gasteiger partial charge >= 0.3 is 17.9 Å². The van der Waals surface area contributed by atoms with Crippen LogP contribution in [-0.4, -0.2) is 37.2 Å². The number of carbonyl (C=O) groups excluding carboxylic acids is 3. The second-order valence-electron chi connectivity index (χ2n) is 22.4. The molecule has 0 N–H and O–H groups in total. The summed E-state index contributed by atoms with van der Waals surface area (Å²) in [5.74, 6) is -0.905. The first-order chi connectivity index (χ1) is 40.0. The summed E-state index contributed by atoms with van der Waals surface area (Å²) in [6.45, 7) is 6.52. The van der Waals surface area contributed by atoms with Crippen molar-refractivity contribution in [2.24, 2.45) is 0 Å². The van der Waals surface area contributed by atoms with E-state index in [0.717, 1.165) is 148 Å². The fourth-order valence-electron chi connectivity index (χ4n) is 9.37. The topological polar surface area (TPSA) is 78.9 Å². The van der Waals surface area contributed by atoms with Crippen molar-refractivity contribution in [3.05, 3.63) is 122 Å². The number of rotatable bonds is 61. The smallest absolute Gasteiger partial charge is 0.306 e. The molecule has 0 heterocycles. The monoisotopic (exact) mass is 1120 g/mol. The number of unbranched alkanes of at least 4 members (excludes halogenated alkanes) is 30. The largest absolute Gasteiger partial charge is 0.462 e. The van der Waals surface area contributed by atoms with Crippen molar-refractivity contribution >= 4 is 17.9 Å². The Labute approximate surface area is 501 Å². The molecule has 0 amide bonds. The summed E-state index contributed by atoms with van der Waals surface area (Å²) in [6, 6.07) is 0. The van der Waals surface area contributed by atoms with Crippen LogP contribution in [0.2, 0.25) is 0 Å². The zero-order chi connectivity index (χ0) is 58.5. The molecule has 1 atom stereocenters. The van der Waals surface area contributed by atoms with E-state index in [0.29, 0.717) is 19.3 Å². The summed E-state index contributed by atoms with van der Waals surface area (Å²) < 4.78 is 16.9. The molecule has 0 aromatic heterocycles. The number of allylic oxidation sites excluding steroid dienone is 20. The van der Waals surface area contributed by atoms with Crippen molar-refractivity contribution in [1.29, 1.82) is 0 Å². The first-order valence-electron chi connectivity index (χ1n) is 34.0. The van der Waals surface area contributed by atoms with Gasteiger partial charge in [0.15, 0.2) is 6.10 Å². The first-order valence-corrected chi connectivity index (χ1v) is 34.0. The lowest BCUT2D eigenvalue weighted by molar-refractivity contribution is -0.167. The third-order valence-electron chi connectivity index (χ3n) is 14.5. The van der Waals surface area contributed by atoms with Gasteiger partial charge in [0.2, 0.25) is 0 Å². The molecule has 0 aromatic carbocycles. The number of ether oxygens (including phenoxy) is 3. The summed E-state index contributed by atoms with van der Waals surface area (Å²) in [6.07, 6.45) is 94.9. The average Bonchev–Trinajstić information content (AvgIpc) is 3.47. The Hall–Kier alpha value is -4.19. The Morgan fingerprint density at radius 3 is 0.765 bits per heavy atom. The Morgan fingerprint density at radius 2 is 0.481 bits per heavy atom. The molecule has 1 unspecified atom stereocenters. The lowest BCUT2D eigenvalue weighted by atomic mass is 10.0. The van der Waals surface area contributed by atoms with Crippen molar-refractivity contribution in [3.63, 3.8) is 0 Å². The molecular formula is C75H126O6. The Bertz CT molecular complexity index is 1670. The SMILES string of the molecule is CC/C=C\C/C=C\C/C=C\C/C=C\C/C=C\C/C=C\C/C=C\C/C=C\C/C=C\CCCCCCCC(=O)OCC(COC(=O)CCCCCCCCCCCCCCCCC)OC(=O)CCCCCCC/C=C\CCCCCCCC.